The third-order valence-electron chi connectivity index (χ3n) is 3.18. The van der Waals surface area contributed by atoms with Gasteiger partial charge in [0.15, 0.2) is 0 Å². The van der Waals surface area contributed by atoms with Gasteiger partial charge in [0.1, 0.15) is 11.5 Å². The van der Waals surface area contributed by atoms with Crippen LogP contribution >= 0.6 is 23.2 Å². The molecule has 1 heterocycles. The molecule has 0 saturated heterocycles. The van der Waals surface area contributed by atoms with Crippen LogP contribution < -0.4 is 0 Å². The lowest BCUT2D eigenvalue weighted by Crippen LogP contribution is -1.86. The van der Waals surface area contributed by atoms with E-state index in [1.54, 1.807) is 18.5 Å². The molecule has 5 heteroatoms. The first-order valence-electron chi connectivity index (χ1n) is 7.19. The minimum absolute atomic E-state index is 0.651. The van der Waals surface area contributed by atoms with Crippen LogP contribution in [0.15, 0.2) is 73.7 Å². The van der Waals surface area contributed by atoms with Gasteiger partial charge in [-0.15, -0.1) is 0 Å². The third-order valence-corrected chi connectivity index (χ3v) is 3.71. The topological polar surface area (TPSA) is 37.9 Å². The highest BCUT2D eigenvalue weighted by molar-refractivity contribution is 6.30. The van der Waals surface area contributed by atoms with Crippen LogP contribution in [-0.2, 0) is 0 Å². The highest BCUT2D eigenvalue weighted by Gasteiger charge is 2.02. The summed E-state index contributed by atoms with van der Waals surface area (Å²) in [4.78, 5) is 8.69. The SMILES string of the molecule is ClC1=CC(N=Cc2ccc(C=Nc3cccc(Cl)c3)o2)=CCC1. The number of rotatable bonds is 4. The van der Waals surface area contributed by atoms with Crippen LogP contribution in [0, 0.1) is 0 Å². The molecule has 0 aliphatic heterocycles. The largest absolute Gasteiger partial charge is 0.454 e. The maximum Gasteiger partial charge on any atom is 0.145 e. The van der Waals surface area contributed by atoms with Crippen molar-refractivity contribution in [1.82, 2.24) is 0 Å². The number of halogens is 2. The first-order valence-corrected chi connectivity index (χ1v) is 7.94. The molecule has 0 radical (unpaired) electrons. The summed E-state index contributed by atoms with van der Waals surface area (Å²) in [5.41, 5.74) is 1.63. The standard InChI is InChI=1S/C18H14Cl2N2O/c19-13-3-1-5-15(9-13)21-11-17-7-8-18(23-17)12-22-16-6-2-4-14(20)10-16/h1,3,5-12H,2,4H2. The van der Waals surface area contributed by atoms with Crippen LogP contribution in [0.3, 0.4) is 0 Å². The van der Waals surface area contributed by atoms with E-state index in [9.17, 15) is 0 Å². The van der Waals surface area contributed by atoms with Crippen molar-refractivity contribution in [3.05, 3.63) is 75.8 Å². The Bertz CT molecular complexity index is 816. The van der Waals surface area contributed by atoms with Crippen molar-refractivity contribution in [2.75, 3.05) is 0 Å². The lowest BCUT2D eigenvalue weighted by atomic mass is 10.1. The summed E-state index contributed by atoms with van der Waals surface area (Å²) in [5, 5.41) is 1.48. The molecule has 1 aromatic heterocycles. The van der Waals surface area contributed by atoms with Gasteiger partial charge in [-0.1, -0.05) is 35.3 Å². The molecule has 0 spiro atoms. The van der Waals surface area contributed by atoms with Gasteiger partial charge in [-0.3, -0.25) is 9.98 Å². The minimum Gasteiger partial charge on any atom is -0.454 e. The normalized spacial score (nSPS) is 15.2. The summed E-state index contributed by atoms with van der Waals surface area (Å²) in [6.07, 6.45) is 9.04. The van der Waals surface area contributed by atoms with Crippen molar-refractivity contribution in [3.63, 3.8) is 0 Å². The van der Waals surface area contributed by atoms with Gasteiger partial charge in [0, 0.05) is 10.1 Å². The quantitative estimate of drug-likeness (QED) is 0.636. The molecular formula is C18H14Cl2N2O. The zero-order chi connectivity index (χ0) is 16.1. The highest BCUT2D eigenvalue weighted by atomic mass is 35.5. The monoisotopic (exact) mass is 344 g/mol. The summed E-state index contributed by atoms with van der Waals surface area (Å²) in [6.45, 7) is 0. The second-order valence-corrected chi connectivity index (χ2v) is 5.92. The average molecular weight is 345 g/mol. The molecule has 116 valence electrons. The molecule has 0 saturated carbocycles. The van der Waals surface area contributed by atoms with E-state index in [0.29, 0.717) is 16.5 Å². The molecule has 0 fully saturated rings. The summed E-state index contributed by atoms with van der Waals surface area (Å²) in [7, 11) is 0. The Morgan fingerprint density at radius 1 is 1.00 bits per heavy atom. The molecule has 0 atom stereocenters. The van der Waals surface area contributed by atoms with Gasteiger partial charge in [-0.2, -0.15) is 0 Å². The smallest absolute Gasteiger partial charge is 0.145 e. The van der Waals surface area contributed by atoms with Crippen LogP contribution in [0.4, 0.5) is 5.69 Å². The summed E-state index contributed by atoms with van der Waals surface area (Å²) in [5.74, 6) is 1.31. The number of aliphatic imine (C=N–C) groups is 2. The predicted molar refractivity (Wildman–Crippen MR) is 96.3 cm³/mol. The molecule has 0 amide bonds. The van der Waals surface area contributed by atoms with E-state index in [1.165, 1.54) is 0 Å². The first kappa shape index (κ1) is 15.8. The third kappa shape index (κ3) is 4.68. The lowest BCUT2D eigenvalue weighted by molar-refractivity contribution is 0.553. The van der Waals surface area contributed by atoms with Gasteiger partial charge in [0.2, 0.25) is 0 Å². The zero-order valence-corrected chi connectivity index (χ0v) is 13.8. The number of benzene rings is 1. The van der Waals surface area contributed by atoms with Crippen molar-refractivity contribution in [2.24, 2.45) is 9.98 Å². The molecule has 1 aromatic carbocycles. The van der Waals surface area contributed by atoms with E-state index in [0.717, 1.165) is 29.3 Å². The Morgan fingerprint density at radius 3 is 2.52 bits per heavy atom. The first-order chi connectivity index (χ1) is 11.2. The van der Waals surface area contributed by atoms with Crippen molar-refractivity contribution in [1.29, 1.82) is 0 Å². The number of nitrogens with zero attached hydrogens (tertiary/aromatic N) is 2. The van der Waals surface area contributed by atoms with Crippen LogP contribution in [0.2, 0.25) is 5.02 Å². The highest BCUT2D eigenvalue weighted by Crippen LogP contribution is 2.21. The van der Waals surface area contributed by atoms with Crippen molar-refractivity contribution >= 4 is 41.3 Å². The van der Waals surface area contributed by atoms with Gasteiger partial charge in [-0.25, -0.2) is 0 Å². The van der Waals surface area contributed by atoms with E-state index in [-0.39, 0.29) is 0 Å². The average Bonchev–Trinajstić information content (AvgIpc) is 2.99. The number of allylic oxidation sites excluding steroid dienone is 3. The van der Waals surface area contributed by atoms with E-state index >= 15 is 0 Å². The van der Waals surface area contributed by atoms with Gasteiger partial charge in [-0.05, 0) is 49.2 Å². The van der Waals surface area contributed by atoms with E-state index < -0.39 is 0 Å². The summed E-state index contributed by atoms with van der Waals surface area (Å²) >= 11 is 11.9. The van der Waals surface area contributed by atoms with Gasteiger partial charge < -0.3 is 4.42 Å². The van der Waals surface area contributed by atoms with Crippen LogP contribution in [0.1, 0.15) is 24.4 Å². The number of hydrogen-bond acceptors (Lipinski definition) is 3. The number of furan rings is 1. The van der Waals surface area contributed by atoms with Crippen LogP contribution in [0.25, 0.3) is 0 Å². The fraction of sp³-hybridized carbons (Fsp3) is 0.111. The fourth-order valence-corrected chi connectivity index (χ4v) is 2.48. The Labute approximate surface area is 144 Å². The Morgan fingerprint density at radius 2 is 1.78 bits per heavy atom. The molecular weight excluding hydrogens is 331 g/mol. The van der Waals surface area contributed by atoms with E-state index in [4.69, 9.17) is 27.6 Å². The van der Waals surface area contributed by atoms with Gasteiger partial charge >= 0.3 is 0 Å². The molecule has 1 aliphatic carbocycles. The fourth-order valence-electron chi connectivity index (χ4n) is 2.08. The van der Waals surface area contributed by atoms with Crippen molar-refractivity contribution in [3.8, 4) is 0 Å². The van der Waals surface area contributed by atoms with Gasteiger partial charge in [0.05, 0.1) is 23.8 Å². The van der Waals surface area contributed by atoms with Crippen molar-refractivity contribution in [2.45, 2.75) is 12.8 Å². The Balaban J connectivity index is 1.67. The number of hydrogen-bond donors (Lipinski definition) is 0. The van der Waals surface area contributed by atoms with Gasteiger partial charge in [0.25, 0.3) is 0 Å². The maximum absolute atomic E-state index is 6.00. The zero-order valence-electron chi connectivity index (χ0n) is 12.2. The van der Waals surface area contributed by atoms with E-state index in [2.05, 4.69) is 9.98 Å². The second-order valence-electron chi connectivity index (χ2n) is 5.00. The molecule has 3 rings (SSSR count). The summed E-state index contributed by atoms with van der Waals surface area (Å²) in [6, 6.07) is 11.0. The minimum atomic E-state index is 0.651. The molecule has 1 aliphatic rings. The Kier molecular flexibility index (Phi) is 5.11. The lowest BCUT2D eigenvalue weighted by Gasteiger charge is -2.03. The van der Waals surface area contributed by atoms with Crippen molar-refractivity contribution < 1.29 is 4.42 Å². The van der Waals surface area contributed by atoms with Crippen LogP contribution in [0.5, 0.6) is 0 Å². The second kappa shape index (κ2) is 7.44. The molecule has 0 unspecified atom stereocenters. The summed E-state index contributed by atoms with van der Waals surface area (Å²) < 4.78 is 5.64. The Hall–Kier alpha value is -2.10. The molecule has 3 nitrogen and oxygen atoms in total. The molecule has 0 N–H and O–H groups in total. The molecule has 0 bridgehead atoms. The van der Waals surface area contributed by atoms with Crippen LogP contribution in [-0.4, -0.2) is 12.4 Å². The molecule has 2 aromatic rings. The molecule has 23 heavy (non-hydrogen) atoms. The maximum atomic E-state index is 6.00. The predicted octanol–water partition coefficient (Wildman–Crippen LogP) is 5.90. The van der Waals surface area contributed by atoms with E-state index in [1.807, 2.05) is 42.5 Å².